The second kappa shape index (κ2) is 5.00. The molecule has 2 aromatic rings. The summed E-state index contributed by atoms with van der Waals surface area (Å²) in [6.45, 7) is 3.73. The predicted octanol–water partition coefficient (Wildman–Crippen LogP) is 3.70. The first-order chi connectivity index (χ1) is 9.88. The van der Waals surface area contributed by atoms with E-state index in [1.807, 2.05) is 54.8 Å². The van der Waals surface area contributed by atoms with Gasteiger partial charge in [0.2, 0.25) is 0 Å². The highest BCUT2D eigenvalue weighted by Crippen LogP contribution is 2.37. The Bertz CT molecular complexity index is 722. The molecule has 1 heterocycles. The Hall–Kier alpha value is -1.58. The maximum atomic E-state index is 12.8. The molecular formula is C17H19ClN2O. The van der Waals surface area contributed by atoms with Gasteiger partial charge in [-0.15, -0.1) is 0 Å². The summed E-state index contributed by atoms with van der Waals surface area (Å²) in [4.78, 5) is 12.8. The summed E-state index contributed by atoms with van der Waals surface area (Å²) in [5.74, 6) is 0. The van der Waals surface area contributed by atoms with Crippen molar-refractivity contribution in [2.24, 2.45) is 5.73 Å². The molecule has 1 fully saturated rings. The van der Waals surface area contributed by atoms with Crippen LogP contribution in [-0.4, -0.2) is 4.57 Å². The van der Waals surface area contributed by atoms with Crippen LogP contribution in [-0.2, 0) is 5.54 Å². The minimum Gasteiger partial charge on any atom is -0.322 e. The third-order valence-electron chi connectivity index (χ3n) is 3.86. The molecule has 0 radical (unpaired) electrons. The van der Waals surface area contributed by atoms with Crippen LogP contribution in [0.3, 0.4) is 0 Å². The number of hydrogen-bond donors (Lipinski definition) is 1. The van der Waals surface area contributed by atoms with E-state index < -0.39 is 5.54 Å². The SMILES string of the molecule is CC(C)(N)c1ccc(-c2ccc(Cl)cc2)n(C2CC2)c1=O. The monoisotopic (exact) mass is 302 g/mol. The predicted molar refractivity (Wildman–Crippen MR) is 86.6 cm³/mol. The topological polar surface area (TPSA) is 48.0 Å². The number of nitrogens with two attached hydrogens (primary N) is 1. The summed E-state index contributed by atoms with van der Waals surface area (Å²) < 4.78 is 1.90. The molecule has 0 unspecified atom stereocenters. The fraction of sp³-hybridized carbons (Fsp3) is 0.353. The Morgan fingerprint density at radius 3 is 2.29 bits per heavy atom. The molecule has 1 aliphatic carbocycles. The van der Waals surface area contributed by atoms with Crippen LogP contribution in [0.25, 0.3) is 11.3 Å². The zero-order chi connectivity index (χ0) is 15.2. The Kier molecular flexibility index (Phi) is 3.42. The lowest BCUT2D eigenvalue weighted by Crippen LogP contribution is -2.38. The molecule has 0 aliphatic heterocycles. The van der Waals surface area contributed by atoms with Gasteiger partial charge in [0.1, 0.15) is 0 Å². The van der Waals surface area contributed by atoms with E-state index in [1.54, 1.807) is 0 Å². The Balaban J connectivity index is 2.20. The molecule has 1 saturated carbocycles. The summed E-state index contributed by atoms with van der Waals surface area (Å²) in [6, 6.07) is 11.7. The van der Waals surface area contributed by atoms with Gasteiger partial charge >= 0.3 is 0 Å². The summed E-state index contributed by atoms with van der Waals surface area (Å²) >= 11 is 5.95. The zero-order valence-corrected chi connectivity index (χ0v) is 13.0. The summed E-state index contributed by atoms with van der Waals surface area (Å²) in [6.07, 6.45) is 2.10. The Morgan fingerprint density at radius 1 is 1.14 bits per heavy atom. The van der Waals surface area contributed by atoms with Crippen LogP contribution in [0.15, 0.2) is 41.2 Å². The first-order valence-electron chi connectivity index (χ1n) is 7.19. The molecule has 3 rings (SSSR count). The third-order valence-corrected chi connectivity index (χ3v) is 4.11. The number of hydrogen-bond acceptors (Lipinski definition) is 2. The Morgan fingerprint density at radius 2 is 1.76 bits per heavy atom. The highest BCUT2D eigenvalue weighted by atomic mass is 35.5. The van der Waals surface area contributed by atoms with E-state index in [1.165, 1.54) is 0 Å². The smallest absolute Gasteiger partial charge is 0.256 e. The quantitative estimate of drug-likeness (QED) is 0.940. The van der Waals surface area contributed by atoms with Gasteiger partial charge in [-0.25, -0.2) is 0 Å². The fourth-order valence-corrected chi connectivity index (χ4v) is 2.72. The Labute approximate surface area is 129 Å². The van der Waals surface area contributed by atoms with Crippen molar-refractivity contribution in [3.63, 3.8) is 0 Å². The molecule has 1 aliphatic rings. The molecule has 1 aromatic heterocycles. The molecule has 21 heavy (non-hydrogen) atoms. The van der Waals surface area contributed by atoms with Crippen LogP contribution in [0.1, 0.15) is 38.3 Å². The van der Waals surface area contributed by atoms with Crippen molar-refractivity contribution in [3.8, 4) is 11.3 Å². The van der Waals surface area contributed by atoms with Crippen molar-refractivity contribution in [1.29, 1.82) is 0 Å². The summed E-state index contributed by atoms with van der Waals surface area (Å²) in [5.41, 5.74) is 8.12. The number of nitrogens with zero attached hydrogens (tertiary/aromatic N) is 1. The minimum atomic E-state index is -0.633. The van der Waals surface area contributed by atoms with Gasteiger partial charge in [0.15, 0.2) is 0 Å². The lowest BCUT2D eigenvalue weighted by molar-refractivity contribution is 0.535. The van der Waals surface area contributed by atoms with Crippen molar-refractivity contribution in [2.45, 2.75) is 38.3 Å². The molecule has 1 aromatic carbocycles. The van der Waals surface area contributed by atoms with Gasteiger partial charge in [0.05, 0.1) is 5.69 Å². The van der Waals surface area contributed by atoms with Gasteiger partial charge in [-0.1, -0.05) is 23.7 Å². The van der Waals surface area contributed by atoms with Gasteiger partial charge < -0.3 is 10.3 Å². The maximum Gasteiger partial charge on any atom is 0.256 e. The second-order valence-electron chi connectivity index (χ2n) is 6.27. The first kappa shape index (κ1) is 14.4. The molecular weight excluding hydrogens is 284 g/mol. The third kappa shape index (κ3) is 2.76. The number of aromatic nitrogens is 1. The molecule has 3 nitrogen and oxygen atoms in total. The van der Waals surface area contributed by atoms with Crippen molar-refractivity contribution < 1.29 is 0 Å². The van der Waals surface area contributed by atoms with E-state index >= 15 is 0 Å². The summed E-state index contributed by atoms with van der Waals surface area (Å²) in [5, 5.41) is 0.693. The lowest BCUT2D eigenvalue weighted by Gasteiger charge is -2.21. The molecule has 4 heteroatoms. The van der Waals surface area contributed by atoms with E-state index in [4.69, 9.17) is 17.3 Å². The average molecular weight is 303 g/mol. The van der Waals surface area contributed by atoms with Gasteiger partial charge in [0, 0.05) is 22.2 Å². The molecule has 0 spiro atoms. The largest absolute Gasteiger partial charge is 0.322 e. The molecule has 0 saturated heterocycles. The van der Waals surface area contributed by atoms with Crippen LogP contribution in [0.2, 0.25) is 5.02 Å². The summed E-state index contributed by atoms with van der Waals surface area (Å²) in [7, 11) is 0. The number of pyridine rings is 1. The van der Waals surface area contributed by atoms with Crippen molar-refractivity contribution in [1.82, 2.24) is 4.57 Å². The second-order valence-corrected chi connectivity index (χ2v) is 6.70. The highest BCUT2D eigenvalue weighted by molar-refractivity contribution is 6.30. The van der Waals surface area contributed by atoms with Crippen LogP contribution in [0, 0.1) is 0 Å². The minimum absolute atomic E-state index is 0.0254. The lowest BCUT2D eigenvalue weighted by atomic mass is 9.96. The first-order valence-corrected chi connectivity index (χ1v) is 7.56. The highest BCUT2D eigenvalue weighted by Gasteiger charge is 2.30. The van der Waals surface area contributed by atoms with Crippen molar-refractivity contribution in [3.05, 3.63) is 57.3 Å². The number of rotatable bonds is 3. The fourth-order valence-electron chi connectivity index (χ4n) is 2.59. The molecule has 0 amide bonds. The van der Waals surface area contributed by atoms with Crippen LogP contribution >= 0.6 is 11.6 Å². The van der Waals surface area contributed by atoms with Crippen molar-refractivity contribution >= 4 is 11.6 Å². The van der Waals surface area contributed by atoms with E-state index in [0.29, 0.717) is 16.6 Å². The van der Waals surface area contributed by atoms with Gasteiger partial charge in [-0.05, 0) is 56.5 Å². The maximum absolute atomic E-state index is 12.8. The standard InChI is InChI=1S/C17H19ClN2O/c1-17(2,19)14-9-10-15(11-3-5-12(18)6-4-11)20(16(14)21)13-7-8-13/h3-6,9-10,13H,7-8,19H2,1-2H3. The normalized spacial score (nSPS) is 15.2. The van der Waals surface area contributed by atoms with Gasteiger partial charge in [-0.2, -0.15) is 0 Å². The molecule has 110 valence electrons. The van der Waals surface area contributed by atoms with E-state index in [0.717, 1.165) is 24.1 Å². The van der Waals surface area contributed by atoms with Crippen molar-refractivity contribution in [2.75, 3.05) is 0 Å². The van der Waals surface area contributed by atoms with E-state index in [-0.39, 0.29) is 5.56 Å². The zero-order valence-electron chi connectivity index (χ0n) is 12.3. The molecule has 0 bridgehead atoms. The average Bonchev–Trinajstić information content (AvgIpc) is 3.22. The van der Waals surface area contributed by atoms with Crippen LogP contribution in [0.5, 0.6) is 0 Å². The number of halogens is 1. The van der Waals surface area contributed by atoms with Crippen LogP contribution in [0.4, 0.5) is 0 Å². The number of benzene rings is 1. The van der Waals surface area contributed by atoms with E-state index in [9.17, 15) is 4.79 Å². The van der Waals surface area contributed by atoms with Gasteiger partial charge in [0.25, 0.3) is 5.56 Å². The van der Waals surface area contributed by atoms with E-state index in [2.05, 4.69) is 0 Å². The van der Waals surface area contributed by atoms with Gasteiger partial charge in [-0.3, -0.25) is 4.79 Å². The van der Waals surface area contributed by atoms with Crippen LogP contribution < -0.4 is 11.3 Å². The molecule has 2 N–H and O–H groups in total. The molecule has 0 atom stereocenters.